The number of aliphatic hydroxyl groups is 1. The van der Waals surface area contributed by atoms with Crippen molar-refractivity contribution < 1.29 is 37.8 Å². The normalized spacial score (nSPS) is 32.6. The van der Waals surface area contributed by atoms with Gasteiger partial charge in [-0.15, -0.1) is 0 Å². The zero-order chi connectivity index (χ0) is 27.3. The number of hydrogen-bond donors (Lipinski definition) is 2. The summed E-state index contributed by atoms with van der Waals surface area (Å²) in [5.74, 6) is -0.420. The van der Waals surface area contributed by atoms with Crippen molar-refractivity contribution in [1.82, 2.24) is 0 Å². The van der Waals surface area contributed by atoms with Gasteiger partial charge in [-0.25, -0.2) is 4.79 Å². The summed E-state index contributed by atoms with van der Waals surface area (Å²) in [5, 5.41) is 10.7. The smallest absolute Gasteiger partial charge is 0.330 e. The predicted octanol–water partition coefficient (Wildman–Crippen LogP) is 5.35. The number of cyclic esters (lactones) is 1. The van der Waals surface area contributed by atoms with Crippen LogP contribution in [0.5, 0.6) is 0 Å². The third-order valence-electron chi connectivity index (χ3n) is 7.18. The van der Waals surface area contributed by atoms with Crippen LogP contribution in [0.25, 0.3) is 0 Å². The van der Waals surface area contributed by atoms with Crippen molar-refractivity contribution in [2.75, 3.05) is 33.8 Å². The fraction of sp³-hybridized carbons (Fsp3) is 0.893. The van der Waals surface area contributed by atoms with Gasteiger partial charge in [-0.05, 0) is 32.6 Å². The zero-order valence-electron chi connectivity index (χ0n) is 23.7. The van der Waals surface area contributed by atoms with Crippen LogP contribution >= 0.6 is 7.60 Å². The average molecular weight is 547 g/mol. The molecule has 0 bridgehead atoms. The molecule has 2 aliphatic heterocycles. The second kappa shape index (κ2) is 16.4. The summed E-state index contributed by atoms with van der Waals surface area (Å²) >= 11 is 0. The van der Waals surface area contributed by atoms with E-state index in [1.807, 2.05) is 28.1 Å². The maximum absolute atomic E-state index is 12.9. The van der Waals surface area contributed by atoms with Gasteiger partial charge in [0, 0.05) is 12.5 Å². The summed E-state index contributed by atoms with van der Waals surface area (Å²) < 4.78 is 30.5. The Labute approximate surface area is 224 Å². The Morgan fingerprint density at radius 3 is 2.14 bits per heavy atom. The first-order valence-electron chi connectivity index (χ1n) is 14.5. The molecule has 2 aliphatic rings. The SMILES string of the molecule is C[C@@H]1CCCCCCCCCCCC[C@H](O)[C@H]2O[C@@H]2[C@@H](OP(=O)(O)CCC[N+](C)(C)C)C/C=C/C(=O)O1. The van der Waals surface area contributed by atoms with Crippen LogP contribution in [0.2, 0.25) is 0 Å². The number of rotatable bonds is 6. The molecule has 2 N–H and O–H groups in total. The van der Waals surface area contributed by atoms with E-state index in [0.29, 0.717) is 17.3 Å². The third-order valence-corrected chi connectivity index (χ3v) is 8.66. The molecule has 1 unspecified atom stereocenters. The highest BCUT2D eigenvalue weighted by Crippen LogP contribution is 2.48. The van der Waals surface area contributed by atoms with Crippen molar-refractivity contribution >= 4 is 13.6 Å². The molecule has 2 heterocycles. The molecule has 8 nitrogen and oxygen atoms in total. The number of esters is 1. The predicted molar refractivity (Wildman–Crippen MR) is 146 cm³/mol. The maximum Gasteiger partial charge on any atom is 0.330 e. The molecule has 0 spiro atoms. The Hall–Kier alpha value is -0.760. The standard InChI is InChI=1S/C28H52NO7P/c1-23-17-13-11-9-7-5-6-8-10-12-14-18-24(30)27-28(35-27)25(19-15-20-26(31)34-23)36-37(32,33)22-16-21-29(2,3)4/h15,20,23-25,27-28,30H,5-14,16-19,21-22H2,1-4H3/p+1/b20-15+/t23-,24+,25+,27-,28-/m1/s1. The highest BCUT2D eigenvalue weighted by atomic mass is 31.2. The number of ether oxygens (including phenoxy) is 2. The van der Waals surface area contributed by atoms with Crippen molar-refractivity contribution in [2.24, 2.45) is 0 Å². The molecular formula is C28H53NO7P+. The summed E-state index contributed by atoms with van der Waals surface area (Å²) in [6.07, 6.45) is 14.6. The van der Waals surface area contributed by atoms with E-state index in [1.165, 1.54) is 44.6 Å². The molecule has 2 rings (SSSR count). The van der Waals surface area contributed by atoms with Gasteiger partial charge >= 0.3 is 13.6 Å². The summed E-state index contributed by atoms with van der Waals surface area (Å²) in [5.41, 5.74) is 0. The molecule has 9 heteroatoms. The van der Waals surface area contributed by atoms with E-state index in [9.17, 15) is 19.4 Å². The maximum atomic E-state index is 12.9. The average Bonchev–Trinajstić information content (AvgIpc) is 3.58. The molecule has 0 aromatic rings. The van der Waals surface area contributed by atoms with Crippen molar-refractivity contribution in [1.29, 1.82) is 0 Å². The Morgan fingerprint density at radius 2 is 1.54 bits per heavy atom. The third kappa shape index (κ3) is 14.8. The highest BCUT2D eigenvalue weighted by molar-refractivity contribution is 7.52. The van der Waals surface area contributed by atoms with Crippen LogP contribution in [-0.2, 0) is 23.4 Å². The van der Waals surface area contributed by atoms with Crippen LogP contribution in [0.4, 0.5) is 0 Å². The van der Waals surface area contributed by atoms with Crippen molar-refractivity contribution in [2.45, 2.75) is 127 Å². The van der Waals surface area contributed by atoms with E-state index in [4.69, 9.17) is 14.0 Å². The van der Waals surface area contributed by atoms with Gasteiger partial charge in [0.15, 0.2) is 0 Å². The van der Waals surface area contributed by atoms with E-state index in [-0.39, 0.29) is 18.7 Å². The lowest BCUT2D eigenvalue weighted by atomic mass is 10.0. The molecule has 0 aromatic heterocycles. The van der Waals surface area contributed by atoms with Gasteiger partial charge in [0.2, 0.25) is 0 Å². The minimum atomic E-state index is -3.86. The van der Waals surface area contributed by atoms with Gasteiger partial charge in [-0.3, -0.25) is 4.57 Å². The fourth-order valence-corrected chi connectivity index (χ4v) is 6.23. The molecule has 216 valence electrons. The molecule has 1 saturated heterocycles. The molecule has 0 aromatic carbocycles. The van der Waals surface area contributed by atoms with Gasteiger partial charge in [0.1, 0.15) is 12.2 Å². The number of carbonyl (C=O) groups excluding carboxylic acids is 1. The van der Waals surface area contributed by atoms with Crippen molar-refractivity contribution in [3.05, 3.63) is 12.2 Å². The Bertz CT molecular complexity index is 739. The van der Waals surface area contributed by atoms with Crippen molar-refractivity contribution in [3.8, 4) is 0 Å². The van der Waals surface area contributed by atoms with Crippen LogP contribution < -0.4 is 0 Å². The van der Waals surface area contributed by atoms with Crippen LogP contribution in [0.15, 0.2) is 12.2 Å². The Balaban J connectivity index is 1.99. The summed E-state index contributed by atoms with van der Waals surface area (Å²) in [6.45, 7) is 2.67. The van der Waals surface area contributed by atoms with E-state index in [2.05, 4.69) is 0 Å². The molecule has 6 atom stereocenters. The summed E-state index contributed by atoms with van der Waals surface area (Å²) in [7, 11) is 2.25. The number of quaternary nitrogens is 1. The van der Waals surface area contributed by atoms with Crippen LogP contribution in [-0.4, -0.2) is 84.8 Å². The lowest BCUT2D eigenvalue weighted by molar-refractivity contribution is -0.870. The molecular weight excluding hydrogens is 493 g/mol. The molecule has 0 aliphatic carbocycles. The Morgan fingerprint density at radius 1 is 0.973 bits per heavy atom. The van der Waals surface area contributed by atoms with Gasteiger partial charge < -0.3 is 28.5 Å². The lowest BCUT2D eigenvalue weighted by Gasteiger charge is -2.25. The quantitative estimate of drug-likeness (QED) is 0.200. The van der Waals surface area contributed by atoms with Crippen LogP contribution in [0.1, 0.15) is 96.8 Å². The molecule has 0 amide bonds. The van der Waals surface area contributed by atoms with Gasteiger partial charge in [-0.1, -0.05) is 63.9 Å². The summed E-state index contributed by atoms with van der Waals surface area (Å²) in [4.78, 5) is 22.8. The van der Waals surface area contributed by atoms with E-state index < -0.39 is 38.0 Å². The number of aliphatic hydroxyl groups excluding tert-OH is 1. The minimum Gasteiger partial charge on any atom is -0.460 e. The Kier molecular flexibility index (Phi) is 14.4. The second-order valence-corrected chi connectivity index (χ2v) is 13.9. The topological polar surface area (TPSA) is 106 Å². The monoisotopic (exact) mass is 546 g/mol. The first kappa shape index (κ1) is 32.5. The fourth-order valence-electron chi connectivity index (χ4n) is 4.95. The van der Waals surface area contributed by atoms with Gasteiger partial charge in [0.25, 0.3) is 0 Å². The number of hydrogen-bond acceptors (Lipinski definition) is 6. The number of carbonyl (C=O) groups is 1. The molecule has 37 heavy (non-hydrogen) atoms. The van der Waals surface area contributed by atoms with Crippen molar-refractivity contribution in [3.63, 3.8) is 0 Å². The second-order valence-electron chi connectivity index (χ2n) is 12.0. The first-order chi connectivity index (χ1) is 17.5. The van der Waals surface area contributed by atoms with E-state index in [0.717, 1.165) is 38.6 Å². The van der Waals surface area contributed by atoms with Gasteiger partial charge in [-0.2, -0.15) is 0 Å². The number of fused-ring (bicyclic) bond motifs is 1. The largest absolute Gasteiger partial charge is 0.460 e. The molecule has 1 fully saturated rings. The molecule has 0 saturated carbocycles. The van der Waals surface area contributed by atoms with Crippen LogP contribution in [0.3, 0.4) is 0 Å². The summed E-state index contributed by atoms with van der Waals surface area (Å²) in [6, 6.07) is 0. The molecule has 0 radical (unpaired) electrons. The minimum absolute atomic E-state index is 0.0578. The number of nitrogens with zero attached hydrogens (tertiary/aromatic N) is 1. The number of epoxide rings is 1. The highest BCUT2D eigenvalue weighted by Gasteiger charge is 2.50. The van der Waals surface area contributed by atoms with E-state index >= 15 is 0 Å². The van der Waals surface area contributed by atoms with Crippen LogP contribution in [0, 0.1) is 0 Å². The van der Waals surface area contributed by atoms with Gasteiger partial charge in [0.05, 0.1) is 52.2 Å². The van der Waals surface area contributed by atoms with E-state index in [1.54, 1.807) is 6.08 Å². The lowest BCUT2D eigenvalue weighted by Crippen LogP contribution is -2.35. The first-order valence-corrected chi connectivity index (χ1v) is 16.2. The zero-order valence-corrected chi connectivity index (χ0v) is 24.6.